The van der Waals surface area contributed by atoms with Gasteiger partial charge in [0.05, 0.1) is 24.5 Å². The maximum absolute atomic E-state index is 12.7. The average Bonchev–Trinajstić information content (AvgIpc) is 3.06. The number of carbonyl (C=O) groups excluding carboxylic acids is 2. The Morgan fingerprint density at radius 2 is 1.67 bits per heavy atom. The first-order valence-electron chi connectivity index (χ1n) is 8.87. The molecule has 138 valence electrons. The van der Waals surface area contributed by atoms with E-state index in [0.717, 1.165) is 16.6 Å². The van der Waals surface area contributed by atoms with Crippen molar-refractivity contribution in [2.24, 2.45) is 0 Å². The summed E-state index contributed by atoms with van der Waals surface area (Å²) in [4.78, 5) is 24.8. The molecule has 1 aromatic carbocycles. The van der Waals surface area contributed by atoms with E-state index in [1.807, 2.05) is 65.2 Å². The van der Waals surface area contributed by atoms with Crippen molar-refractivity contribution in [2.45, 2.75) is 13.8 Å². The molecule has 0 saturated carbocycles. The number of benzene rings is 1. The predicted molar refractivity (Wildman–Crippen MR) is 104 cm³/mol. The third-order valence-electron chi connectivity index (χ3n) is 4.06. The second kappa shape index (κ2) is 8.36. The quantitative estimate of drug-likeness (QED) is 0.488. The molecule has 0 spiro atoms. The van der Waals surface area contributed by atoms with Gasteiger partial charge in [0.15, 0.2) is 0 Å². The minimum Gasteiger partial charge on any atom is -0.463 e. The topological polar surface area (TPSA) is 57.0 Å². The van der Waals surface area contributed by atoms with Gasteiger partial charge in [-0.05, 0) is 37.6 Å². The van der Waals surface area contributed by atoms with Gasteiger partial charge < -0.3 is 13.9 Å². The van der Waals surface area contributed by atoms with Crippen molar-refractivity contribution in [1.82, 2.24) is 4.40 Å². The fourth-order valence-electron chi connectivity index (χ4n) is 2.97. The molecule has 0 bridgehead atoms. The number of hydrogen-bond acceptors (Lipinski definition) is 4. The van der Waals surface area contributed by atoms with E-state index in [1.165, 1.54) is 6.08 Å². The van der Waals surface area contributed by atoms with Crippen LogP contribution in [0.5, 0.6) is 0 Å². The van der Waals surface area contributed by atoms with Crippen LogP contribution in [0.1, 0.15) is 19.5 Å². The van der Waals surface area contributed by atoms with Gasteiger partial charge in [-0.1, -0.05) is 36.4 Å². The highest BCUT2D eigenvalue weighted by Gasteiger charge is 2.23. The predicted octanol–water partition coefficient (Wildman–Crippen LogP) is 4.12. The zero-order valence-corrected chi connectivity index (χ0v) is 15.3. The zero-order chi connectivity index (χ0) is 19.2. The van der Waals surface area contributed by atoms with Crippen molar-refractivity contribution < 1.29 is 19.1 Å². The average molecular weight is 363 g/mol. The van der Waals surface area contributed by atoms with Gasteiger partial charge in [0.25, 0.3) is 0 Å². The van der Waals surface area contributed by atoms with E-state index >= 15 is 0 Å². The Balaban J connectivity index is 2.27. The van der Waals surface area contributed by atoms with E-state index in [1.54, 1.807) is 13.8 Å². The van der Waals surface area contributed by atoms with Crippen LogP contribution in [0.25, 0.3) is 22.2 Å². The van der Waals surface area contributed by atoms with Gasteiger partial charge in [-0.15, -0.1) is 0 Å². The zero-order valence-electron chi connectivity index (χ0n) is 15.3. The van der Waals surface area contributed by atoms with Gasteiger partial charge in [-0.3, -0.25) is 0 Å². The van der Waals surface area contributed by atoms with Crippen molar-refractivity contribution >= 4 is 23.0 Å². The molecule has 3 aromatic rings. The van der Waals surface area contributed by atoms with E-state index in [4.69, 9.17) is 9.47 Å². The van der Waals surface area contributed by atoms with Gasteiger partial charge >= 0.3 is 11.9 Å². The van der Waals surface area contributed by atoms with Crippen molar-refractivity contribution in [3.8, 4) is 11.1 Å². The van der Waals surface area contributed by atoms with Crippen LogP contribution < -0.4 is 0 Å². The number of esters is 2. The molecule has 0 fully saturated rings. The van der Waals surface area contributed by atoms with Crippen molar-refractivity contribution in [1.29, 1.82) is 0 Å². The molecule has 5 heteroatoms. The molecule has 27 heavy (non-hydrogen) atoms. The van der Waals surface area contributed by atoms with Crippen LogP contribution in [0, 0.1) is 0 Å². The Morgan fingerprint density at radius 3 is 2.37 bits per heavy atom. The molecule has 0 radical (unpaired) electrons. The number of pyridine rings is 1. The number of carbonyl (C=O) groups is 2. The van der Waals surface area contributed by atoms with Crippen LogP contribution in [0.2, 0.25) is 0 Å². The van der Waals surface area contributed by atoms with Crippen LogP contribution in [0.15, 0.2) is 66.9 Å². The van der Waals surface area contributed by atoms with Crippen molar-refractivity contribution in [3.05, 3.63) is 72.6 Å². The first kappa shape index (κ1) is 18.5. The number of aromatic nitrogens is 1. The van der Waals surface area contributed by atoms with Crippen molar-refractivity contribution in [3.63, 3.8) is 0 Å². The lowest BCUT2D eigenvalue weighted by atomic mass is 10.0. The number of rotatable bonds is 6. The van der Waals surface area contributed by atoms with Crippen LogP contribution in [-0.2, 0) is 19.1 Å². The second-order valence-corrected chi connectivity index (χ2v) is 5.80. The fourth-order valence-corrected chi connectivity index (χ4v) is 2.97. The SMILES string of the molecule is CCOC(=O)C=C(C(=O)OCC)c1c(-c2ccccc2)cc2ccccn12. The number of nitrogens with zero attached hydrogens (tertiary/aromatic N) is 1. The monoisotopic (exact) mass is 363 g/mol. The summed E-state index contributed by atoms with van der Waals surface area (Å²) < 4.78 is 12.1. The summed E-state index contributed by atoms with van der Waals surface area (Å²) in [7, 11) is 0. The summed E-state index contributed by atoms with van der Waals surface area (Å²) in [6.07, 6.45) is 3.07. The highest BCUT2D eigenvalue weighted by atomic mass is 16.5. The Kier molecular flexibility index (Phi) is 5.71. The lowest BCUT2D eigenvalue weighted by Crippen LogP contribution is -2.12. The molecule has 0 aliphatic carbocycles. The minimum absolute atomic E-state index is 0.167. The Labute approximate surface area is 157 Å². The molecule has 0 aliphatic rings. The lowest BCUT2D eigenvalue weighted by Gasteiger charge is -2.11. The minimum atomic E-state index is -0.578. The van der Waals surface area contributed by atoms with Gasteiger partial charge in [0.1, 0.15) is 0 Å². The maximum atomic E-state index is 12.7. The Hall–Kier alpha value is -3.34. The standard InChI is InChI=1S/C22H21NO4/c1-3-26-20(24)15-19(22(25)27-4-2)21-18(16-10-6-5-7-11-16)14-17-12-8-9-13-23(17)21/h5-15H,3-4H2,1-2H3. The molecule has 5 nitrogen and oxygen atoms in total. The largest absolute Gasteiger partial charge is 0.463 e. The normalized spacial score (nSPS) is 11.4. The Bertz CT molecular complexity index is 986. The highest BCUT2D eigenvalue weighted by Crippen LogP contribution is 2.33. The molecule has 2 heterocycles. The molecule has 2 aromatic heterocycles. The molecule has 0 unspecified atom stereocenters. The number of hydrogen-bond donors (Lipinski definition) is 0. The molecule has 3 rings (SSSR count). The van der Waals surface area contributed by atoms with Gasteiger partial charge in [0.2, 0.25) is 0 Å². The van der Waals surface area contributed by atoms with E-state index in [-0.39, 0.29) is 18.8 Å². The van der Waals surface area contributed by atoms with E-state index in [2.05, 4.69) is 0 Å². The first-order chi connectivity index (χ1) is 13.2. The molecule has 0 aliphatic heterocycles. The molecule has 0 saturated heterocycles. The second-order valence-electron chi connectivity index (χ2n) is 5.80. The first-order valence-corrected chi connectivity index (χ1v) is 8.87. The Morgan fingerprint density at radius 1 is 0.963 bits per heavy atom. The molecule has 0 N–H and O–H groups in total. The van der Waals surface area contributed by atoms with Crippen LogP contribution in [-0.4, -0.2) is 29.6 Å². The highest BCUT2D eigenvalue weighted by molar-refractivity contribution is 6.22. The summed E-state index contributed by atoms with van der Waals surface area (Å²) in [5, 5.41) is 0. The van der Waals surface area contributed by atoms with E-state index < -0.39 is 11.9 Å². The van der Waals surface area contributed by atoms with Crippen LogP contribution in [0.3, 0.4) is 0 Å². The van der Waals surface area contributed by atoms with Crippen LogP contribution >= 0.6 is 0 Å². The van der Waals surface area contributed by atoms with Crippen LogP contribution in [0.4, 0.5) is 0 Å². The molecule has 0 amide bonds. The van der Waals surface area contributed by atoms with Gasteiger partial charge in [-0.25, -0.2) is 9.59 Å². The lowest BCUT2D eigenvalue weighted by molar-refractivity contribution is -0.139. The van der Waals surface area contributed by atoms with Gasteiger partial charge in [-0.2, -0.15) is 0 Å². The third kappa shape index (κ3) is 3.92. The van der Waals surface area contributed by atoms with E-state index in [9.17, 15) is 9.59 Å². The summed E-state index contributed by atoms with van der Waals surface area (Å²) in [5.74, 6) is -1.14. The molecule has 0 atom stereocenters. The summed E-state index contributed by atoms with van der Waals surface area (Å²) in [6.45, 7) is 3.89. The van der Waals surface area contributed by atoms with Gasteiger partial charge in [0, 0.05) is 23.4 Å². The number of ether oxygens (including phenoxy) is 2. The molecular weight excluding hydrogens is 342 g/mol. The fraction of sp³-hybridized carbons (Fsp3) is 0.182. The smallest absolute Gasteiger partial charge is 0.340 e. The summed E-state index contributed by atoms with van der Waals surface area (Å²) in [6, 6.07) is 17.5. The molecular formula is C22H21NO4. The maximum Gasteiger partial charge on any atom is 0.340 e. The summed E-state index contributed by atoms with van der Waals surface area (Å²) >= 11 is 0. The van der Waals surface area contributed by atoms with Crippen molar-refractivity contribution in [2.75, 3.05) is 13.2 Å². The van der Waals surface area contributed by atoms with E-state index in [0.29, 0.717) is 5.69 Å². The summed E-state index contributed by atoms with van der Waals surface area (Å²) in [5.41, 5.74) is 3.45. The third-order valence-corrected chi connectivity index (χ3v) is 4.06. The number of fused-ring (bicyclic) bond motifs is 1.